The van der Waals surface area contributed by atoms with E-state index in [1.807, 2.05) is 14.0 Å². The second kappa shape index (κ2) is 9.66. The second-order valence-corrected chi connectivity index (χ2v) is 6.92. The first-order chi connectivity index (χ1) is 12.1. The van der Waals surface area contributed by atoms with Crippen molar-refractivity contribution in [1.29, 1.82) is 0 Å². The fourth-order valence-electron chi connectivity index (χ4n) is 3.28. The third-order valence-electron chi connectivity index (χ3n) is 5.07. The van der Waals surface area contributed by atoms with E-state index in [0.29, 0.717) is 18.6 Å². The van der Waals surface area contributed by atoms with Crippen LogP contribution >= 0.6 is 0 Å². The van der Waals surface area contributed by atoms with Gasteiger partial charge < -0.3 is 20.1 Å². The fourth-order valence-corrected chi connectivity index (χ4v) is 3.28. The molecule has 1 aromatic rings. The predicted octanol–water partition coefficient (Wildman–Crippen LogP) is 3.27. The van der Waals surface area contributed by atoms with Gasteiger partial charge in [0.2, 0.25) is 0 Å². The van der Waals surface area contributed by atoms with Crippen molar-refractivity contribution >= 4 is 5.96 Å². The Kier molecular flexibility index (Phi) is 7.56. The lowest BCUT2D eigenvalue weighted by Crippen LogP contribution is -2.46. The number of rotatable bonds is 9. The Labute approximate surface area is 152 Å². The maximum Gasteiger partial charge on any atom is 0.191 e. The molecule has 1 fully saturated rings. The molecule has 0 spiro atoms. The van der Waals surface area contributed by atoms with Crippen LogP contribution in [0, 0.1) is 12.3 Å². The van der Waals surface area contributed by atoms with Crippen LogP contribution in [0.5, 0.6) is 5.75 Å². The molecule has 1 saturated carbocycles. The molecule has 1 aliphatic carbocycles. The van der Waals surface area contributed by atoms with E-state index in [0.717, 1.165) is 36.8 Å². The molecule has 5 heteroatoms. The van der Waals surface area contributed by atoms with Crippen molar-refractivity contribution in [2.45, 2.75) is 46.1 Å². The van der Waals surface area contributed by atoms with E-state index in [9.17, 15) is 0 Å². The number of hydrogen-bond acceptors (Lipinski definition) is 3. The first-order valence-electron chi connectivity index (χ1n) is 9.28. The first kappa shape index (κ1) is 19.6. The van der Waals surface area contributed by atoms with Crippen molar-refractivity contribution in [1.82, 2.24) is 10.6 Å². The van der Waals surface area contributed by atoms with Crippen LogP contribution in [0.2, 0.25) is 0 Å². The molecule has 0 aromatic heterocycles. The number of benzene rings is 1. The molecule has 25 heavy (non-hydrogen) atoms. The standard InChI is InChI=1S/C20H33N3O2/c1-5-25-18-13-16(2)7-8-17(18)14-22-19(21-3)23-15-20(9-6-10-20)11-12-24-4/h7-8,13H,5-6,9-12,14-15H2,1-4H3,(H2,21,22,23). The van der Waals surface area contributed by atoms with Crippen molar-refractivity contribution < 1.29 is 9.47 Å². The highest BCUT2D eigenvalue weighted by molar-refractivity contribution is 5.79. The van der Waals surface area contributed by atoms with Gasteiger partial charge in [0.05, 0.1) is 6.61 Å². The smallest absolute Gasteiger partial charge is 0.191 e. The highest BCUT2D eigenvalue weighted by Gasteiger charge is 2.36. The van der Waals surface area contributed by atoms with E-state index < -0.39 is 0 Å². The number of aliphatic imine (C=N–C) groups is 1. The fraction of sp³-hybridized carbons (Fsp3) is 0.650. The number of ether oxygens (including phenoxy) is 2. The van der Waals surface area contributed by atoms with Crippen molar-refractivity contribution in [3.63, 3.8) is 0 Å². The summed E-state index contributed by atoms with van der Waals surface area (Å²) in [6.07, 6.45) is 4.97. The van der Waals surface area contributed by atoms with Crippen molar-refractivity contribution in [2.75, 3.05) is 33.9 Å². The Hall–Kier alpha value is -1.75. The Balaban J connectivity index is 1.88. The predicted molar refractivity (Wildman–Crippen MR) is 103 cm³/mol. The number of methoxy groups -OCH3 is 1. The maximum atomic E-state index is 5.75. The van der Waals surface area contributed by atoms with Crippen LogP contribution in [0.4, 0.5) is 0 Å². The lowest BCUT2D eigenvalue weighted by Gasteiger charge is -2.42. The van der Waals surface area contributed by atoms with Gasteiger partial charge in [0.25, 0.3) is 0 Å². The molecule has 0 unspecified atom stereocenters. The van der Waals surface area contributed by atoms with Gasteiger partial charge in [-0.25, -0.2) is 0 Å². The summed E-state index contributed by atoms with van der Waals surface area (Å²) in [7, 11) is 3.59. The highest BCUT2D eigenvalue weighted by atomic mass is 16.5. The van der Waals surface area contributed by atoms with Gasteiger partial charge in [-0.1, -0.05) is 18.6 Å². The normalized spacial score (nSPS) is 16.2. The molecule has 0 radical (unpaired) electrons. The van der Waals surface area contributed by atoms with E-state index in [4.69, 9.17) is 9.47 Å². The minimum Gasteiger partial charge on any atom is -0.494 e. The average Bonchev–Trinajstić information content (AvgIpc) is 2.58. The SMILES string of the molecule is CCOc1cc(C)ccc1CNC(=NC)NCC1(CCOC)CCC1. The van der Waals surface area contributed by atoms with Crippen molar-refractivity contribution in [3.05, 3.63) is 29.3 Å². The molecule has 2 rings (SSSR count). The molecule has 0 saturated heterocycles. The Morgan fingerprint density at radius 2 is 2.08 bits per heavy atom. The summed E-state index contributed by atoms with van der Waals surface area (Å²) in [5.41, 5.74) is 2.72. The van der Waals surface area contributed by atoms with E-state index in [-0.39, 0.29) is 0 Å². The van der Waals surface area contributed by atoms with Gasteiger partial charge in [-0.2, -0.15) is 0 Å². The third-order valence-corrected chi connectivity index (χ3v) is 5.07. The highest BCUT2D eigenvalue weighted by Crippen LogP contribution is 2.43. The molecular formula is C20H33N3O2. The van der Waals surface area contributed by atoms with Gasteiger partial charge in [0.15, 0.2) is 5.96 Å². The third kappa shape index (κ3) is 5.63. The molecule has 1 aromatic carbocycles. The number of hydrogen-bond donors (Lipinski definition) is 2. The van der Waals surface area contributed by atoms with Gasteiger partial charge >= 0.3 is 0 Å². The molecule has 0 bridgehead atoms. The summed E-state index contributed by atoms with van der Waals surface area (Å²) >= 11 is 0. The Bertz CT molecular complexity index is 568. The first-order valence-corrected chi connectivity index (χ1v) is 9.28. The second-order valence-electron chi connectivity index (χ2n) is 6.92. The Morgan fingerprint density at radius 1 is 1.28 bits per heavy atom. The van der Waals surface area contributed by atoms with E-state index in [1.165, 1.54) is 24.8 Å². The van der Waals surface area contributed by atoms with Gasteiger partial charge in [-0.05, 0) is 50.2 Å². The van der Waals surface area contributed by atoms with Crippen LogP contribution in [-0.4, -0.2) is 39.9 Å². The minimum atomic E-state index is 0.369. The molecular weight excluding hydrogens is 314 g/mol. The lowest BCUT2D eigenvalue weighted by molar-refractivity contribution is 0.0732. The van der Waals surface area contributed by atoms with Crippen LogP contribution in [-0.2, 0) is 11.3 Å². The Morgan fingerprint density at radius 3 is 2.68 bits per heavy atom. The summed E-state index contributed by atoms with van der Waals surface area (Å²) in [5, 5.41) is 6.91. The number of aryl methyl sites for hydroxylation is 1. The maximum absolute atomic E-state index is 5.75. The number of guanidine groups is 1. The molecule has 140 valence electrons. The average molecular weight is 348 g/mol. The lowest BCUT2D eigenvalue weighted by atomic mass is 9.67. The van der Waals surface area contributed by atoms with Gasteiger partial charge in [-0.15, -0.1) is 0 Å². The van der Waals surface area contributed by atoms with Crippen LogP contribution in [0.3, 0.4) is 0 Å². The largest absolute Gasteiger partial charge is 0.494 e. The zero-order valence-electron chi connectivity index (χ0n) is 16.2. The summed E-state index contributed by atoms with van der Waals surface area (Å²) in [5.74, 6) is 1.78. The monoisotopic (exact) mass is 347 g/mol. The quantitative estimate of drug-likeness (QED) is 0.532. The molecule has 0 heterocycles. The van der Waals surface area contributed by atoms with Crippen LogP contribution in [0.15, 0.2) is 23.2 Å². The van der Waals surface area contributed by atoms with Gasteiger partial charge in [-0.3, -0.25) is 4.99 Å². The summed E-state index contributed by atoms with van der Waals surface area (Å²) < 4.78 is 11.0. The van der Waals surface area contributed by atoms with E-state index in [1.54, 1.807) is 7.11 Å². The van der Waals surface area contributed by atoms with Crippen molar-refractivity contribution in [3.8, 4) is 5.75 Å². The van der Waals surface area contributed by atoms with Crippen LogP contribution in [0.25, 0.3) is 0 Å². The zero-order chi connectivity index (χ0) is 18.1. The van der Waals surface area contributed by atoms with E-state index >= 15 is 0 Å². The van der Waals surface area contributed by atoms with Gasteiger partial charge in [0.1, 0.15) is 5.75 Å². The molecule has 0 aliphatic heterocycles. The molecule has 5 nitrogen and oxygen atoms in total. The summed E-state index contributed by atoms with van der Waals surface area (Å²) in [6.45, 7) is 7.24. The summed E-state index contributed by atoms with van der Waals surface area (Å²) in [6, 6.07) is 6.32. The van der Waals surface area contributed by atoms with Gasteiger partial charge in [0, 0.05) is 39.4 Å². The van der Waals surface area contributed by atoms with Crippen LogP contribution < -0.4 is 15.4 Å². The summed E-state index contributed by atoms with van der Waals surface area (Å²) in [4.78, 5) is 4.36. The molecule has 0 atom stereocenters. The topological polar surface area (TPSA) is 54.9 Å². The molecule has 0 amide bonds. The van der Waals surface area contributed by atoms with Crippen LogP contribution in [0.1, 0.15) is 43.7 Å². The van der Waals surface area contributed by atoms with E-state index in [2.05, 4.69) is 40.7 Å². The zero-order valence-corrected chi connectivity index (χ0v) is 16.2. The molecule has 2 N–H and O–H groups in total. The van der Waals surface area contributed by atoms with Crippen molar-refractivity contribution in [2.24, 2.45) is 10.4 Å². The molecule has 1 aliphatic rings. The number of nitrogens with one attached hydrogen (secondary N) is 2. The number of nitrogens with zero attached hydrogens (tertiary/aromatic N) is 1. The minimum absolute atomic E-state index is 0.369.